The summed E-state index contributed by atoms with van der Waals surface area (Å²) in [5.41, 5.74) is 1.31. The first-order chi connectivity index (χ1) is 12.1. The second-order valence-electron chi connectivity index (χ2n) is 4.98. The zero-order valence-electron chi connectivity index (χ0n) is 13.9. The van der Waals surface area contributed by atoms with Crippen molar-refractivity contribution in [3.05, 3.63) is 58.1 Å². The van der Waals surface area contributed by atoms with E-state index in [1.807, 2.05) is 13.0 Å². The Bertz CT molecular complexity index is 824. The summed E-state index contributed by atoms with van der Waals surface area (Å²) in [7, 11) is 1.57. The molecule has 0 unspecified atom stereocenters. The minimum absolute atomic E-state index is 0.00637. The average molecular weight is 401 g/mol. The highest BCUT2D eigenvalue weighted by atomic mass is 79.9. The first-order valence-electron chi connectivity index (χ1n) is 7.57. The number of nitrogens with zero attached hydrogens (tertiary/aromatic N) is 1. The molecule has 0 spiro atoms. The monoisotopic (exact) mass is 400 g/mol. The number of rotatable bonds is 6. The molecule has 2 aromatic rings. The maximum atomic E-state index is 12.3. The van der Waals surface area contributed by atoms with Crippen LogP contribution in [0.25, 0.3) is 6.08 Å². The molecule has 6 heteroatoms. The zero-order valence-corrected chi connectivity index (χ0v) is 15.5. The Morgan fingerprint density at radius 2 is 2.00 bits per heavy atom. The summed E-state index contributed by atoms with van der Waals surface area (Å²) < 4.78 is 11.3. The van der Waals surface area contributed by atoms with Crippen LogP contribution in [0, 0.1) is 11.3 Å². The lowest BCUT2D eigenvalue weighted by molar-refractivity contribution is -0.112. The van der Waals surface area contributed by atoms with Crippen molar-refractivity contribution in [1.29, 1.82) is 5.26 Å². The number of hydrogen-bond acceptors (Lipinski definition) is 4. The van der Waals surface area contributed by atoms with Crippen molar-refractivity contribution in [2.45, 2.75) is 6.92 Å². The zero-order chi connectivity index (χ0) is 18.2. The van der Waals surface area contributed by atoms with Gasteiger partial charge in [-0.1, -0.05) is 6.07 Å². The van der Waals surface area contributed by atoms with Gasteiger partial charge in [-0.25, -0.2) is 0 Å². The van der Waals surface area contributed by atoms with Gasteiger partial charge in [0.2, 0.25) is 0 Å². The van der Waals surface area contributed by atoms with Crippen LogP contribution in [-0.2, 0) is 4.79 Å². The largest absolute Gasteiger partial charge is 0.497 e. The van der Waals surface area contributed by atoms with Crippen molar-refractivity contribution >= 4 is 33.6 Å². The Kier molecular flexibility index (Phi) is 6.61. The van der Waals surface area contributed by atoms with Crippen LogP contribution in [0.3, 0.4) is 0 Å². The highest BCUT2D eigenvalue weighted by Gasteiger charge is 2.10. The number of benzene rings is 2. The van der Waals surface area contributed by atoms with E-state index in [2.05, 4.69) is 21.2 Å². The lowest BCUT2D eigenvalue weighted by atomic mass is 10.1. The van der Waals surface area contributed by atoms with Crippen LogP contribution in [0.2, 0.25) is 0 Å². The lowest BCUT2D eigenvalue weighted by Gasteiger charge is -2.07. The van der Waals surface area contributed by atoms with Gasteiger partial charge in [0, 0.05) is 5.69 Å². The summed E-state index contributed by atoms with van der Waals surface area (Å²) in [5.74, 6) is 0.923. The molecule has 0 aliphatic carbocycles. The van der Waals surface area contributed by atoms with Crippen molar-refractivity contribution in [2.24, 2.45) is 0 Å². The predicted molar refractivity (Wildman–Crippen MR) is 101 cm³/mol. The van der Waals surface area contributed by atoms with Crippen LogP contribution in [0.4, 0.5) is 5.69 Å². The number of halogens is 1. The van der Waals surface area contributed by atoms with Gasteiger partial charge in [-0.2, -0.15) is 5.26 Å². The highest BCUT2D eigenvalue weighted by Crippen LogP contribution is 2.27. The molecular formula is C19H17BrN2O3. The van der Waals surface area contributed by atoms with E-state index < -0.39 is 5.91 Å². The SMILES string of the molecule is CCOc1ccc(/C=C(/C#N)C(=O)Nc2ccc(OC)cc2)cc1Br. The van der Waals surface area contributed by atoms with Crippen molar-refractivity contribution in [1.82, 2.24) is 0 Å². The summed E-state index contributed by atoms with van der Waals surface area (Å²) in [6, 6.07) is 14.2. The van der Waals surface area contributed by atoms with Gasteiger partial charge in [0.15, 0.2) is 0 Å². The van der Waals surface area contributed by atoms with Gasteiger partial charge in [0.1, 0.15) is 23.1 Å². The molecule has 5 nitrogen and oxygen atoms in total. The molecule has 0 heterocycles. The number of hydrogen-bond donors (Lipinski definition) is 1. The van der Waals surface area contributed by atoms with E-state index in [0.717, 1.165) is 10.0 Å². The maximum absolute atomic E-state index is 12.3. The normalized spacial score (nSPS) is 10.7. The molecule has 128 valence electrons. The molecule has 2 aromatic carbocycles. The van der Waals surface area contributed by atoms with E-state index >= 15 is 0 Å². The molecular weight excluding hydrogens is 384 g/mol. The molecule has 0 saturated heterocycles. The van der Waals surface area contributed by atoms with Gasteiger partial charge in [-0.3, -0.25) is 4.79 Å². The van der Waals surface area contributed by atoms with Gasteiger partial charge in [0.25, 0.3) is 5.91 Å². The third kappa shape index (κ3) is 5.10. The van der Waals surface area contributed by atoms with E-state index in [1.165, 1.54) is 6.08 Å². The quantitative estimate of drug-likeness (QED) is 0.575. The maximum Gasteiger partial charge on any atom is 0.266 e. The van der Waals surface area contributed by atoms with Crippen molar-refractivity contribution in [2.75, 3.05) is 19.0 Å². The standard InChI is InChI=1S/C19H17BrN2O3/c1-3-25-18-9-4-13(11-17(18)20)10-14(12-21)19(23)22-15-5-7-16(24-2)8-6-15/h4-11H,3H2,1-2H3,(H,22,23)/b14-10-. The molecule has 0 saturated carbocycles. The minimum atomic E-state index is -0.474. The second-order valence-corrected chi connectivity index (χ2v) is 5.83. The van der Waals surface area contributed by atoms with Crippen LogP contribution in [0.15, 0.2) is 52.5 Å². The third-order valence-electron chi connectivity index (χ3n) is 3.28. The summed E-state index contributed by atoms with van der Waals surface area (Å²) in [5, 5.41) is 12.0. The van der Waals surface area contributed by atoms with Gasteiger partial charge in [-0.05, 0) is 70.9 Å². The number of nitrogens with one attached hydrogen (secondary N) is 1. The Balaban J connectivity index is 2.17. The third-order valence-corrected chi connectivity index (χ3v) is 3.90. The lowest BCUT2D eigenvalue weighted by Crippen LogP contribution is -2.13. The molecule has 25 heavy (non-hydrogen) atoms. The fraction of sp³-hybridized carbons (Fsp3) is 0.158. The van der Waals surface area contributed by atoms with Crippen LogP contribution in [0.1, 0.15) is 12.5 Å². The number of methoxy groups -OCH3 is 1. The van der Waals surface area contributed by atoms with Crippen molar-refractivity contribution in [3.63, 3.8) is 0 Å². The number of carbonyl (C=O) groups excluding carboxylic acids is 1. The van der Waals surface area contributed by atoms with Gasteiger partial charge < -0.3 is 14.8 Å². The van der Waals surface area contributed by atoms with Crippen LogP contribution >= 0.6 is 15.9 Å². The number of ether oxygens (including phenoxy) is 2. The molecule has 0 radical (unpaired) electrons. The Morgan fingerprint density at radius 3 is 2.56 bits per heavy atom. The molecule has 0 aromatic heterocycles. The highest BCUT2D eigenvalue weighted by molar-refractivity contribution is 9.10. The molecule has 0 aliphatic heterocycles. The number of anilines is 1. The van der Waals surface area contributed by atoms with E-state index in [1.54, 1.807) is 49.6 Å². The molecule has 1 N–H and O–H groups in total. The summed E-state index contributed by atoms with van der Waals surface area (Å²) in [4.78, 5) is 12.3. The fourth-order valence-electron chi connectivity index (χ4n) is 2.07. The number of nitriles is 1. The fourth-order valence-corrected chi connectivity index (χ4v) is 2.58. The Morgan fingerprint density at radius 1 is 1.28 bits per heavy atom. The molecule has 0 fully saturated rings. The Hall–Kier alpha value is -2.78. The van der Waals surface area contributed by atoms with E-state index in [9.17, 15) is 10.1 Å². The van der Waals surface area contributed by atoms with Crippen LogP contribution in [-0.4, -0.2) is 19.6 Å². The van der Waals surface area contributed by atoms with Crippen molar-refractivity contribution < 1.29 is 14.3 Å². The second kappa shape index (κ2) is 8.90. The smallest absolute Gasteiger partial charge is 0.266 e. The van der Waals surface area contributed by atoms with Crippen LogP contribution in [0.5, 0.6) is 11.5 Å². The first-order valence-corrected chi connectivity index (χ1v) is 8.36. The average Bonchev–Trinajstić information content (AvgIpc) is 2.62. The molecule has 1 amide bonds. The topological polar surface area (TPSA) is 71.3 Å². The van der Waals surface area contributed by atoms with Gasteiger partial charge >= 0.3 is 0 Å². The minimum Gasteiger partial charge on any atom is -0.497 e. The molecule has 0 bridgehead atoms. The summed E-state index contributed by atoms with van der Waals surface area (Å²) in [6.07, 6.45) is 1.53. The molecule has 0 atom stereocenters. The van der Waals surface area contributed by atoms with Gasteiger partial charge in [0.05, 0.1) is 18.2 Å². The summed E-state index contributed by atoms with van der Waals surface area (Å²) >= 11 is 3.41. The van der Waals surface area contributed by atoms with Gasteiger partial charge in [-0.15, -0.1) is 0 Å². The molecule has 2 rings (SSSR count). The Labute approximate surface area is 155 Å². The van der Waals surface area contributed by atoms with Crippen molar-refractivity contribution in [3.8, 4) is 17.6 Å². The van der Waals surface area contributed by atoms with Crippen LogP contribution < -0.4 is 14.8 Å². The van der Waals surface area contributed by atoms with E-state index in [-0.39, 0.29) is 5.57 Å². The van der Waals surface area contributed by atoms with E-state index in [0.29, 0.717) is 23.8 Å². The first kappa shape index (κ1) is 18.6. The molecule has 0 aliphatic rings. The summed E-state index contributed by atoms with van der Waals surface area (Å²) in [6.45, 7) is 2.46. The number of amides is 1. The predicted octanol–water partition coefficient (Wildman–Crippen LogP) is 4.40. The number of carbonyl (C=O) groups is 1. The van der Waals surface area contributed by atoms with E-state index in [4.69, 9.17) is 9.47 Å².